The molecule has 0 radical (unpaired) electrons. The second kappa shape index (κ2) is 9.69. The molecule has 0 atom stereocenters. The molecule has 1 aliphatic rings. The molecule has 5 rings (SSSR count). The van der Waals surface area contributed by atoms with Gasteiger partial charge in [-0.05, 0) is 43.3 Å². The molecule has 0 unspecified atom stereocenters. The van der Waals surface area contributed by atoms with Crippen molar-refractivity contribution in [1.29, 1.82) is 0 Å². The number of imidazole rings is 1. The molecule has 186 valence electrons. The first-order valence-electron chi connectivity index (χ1n) is 11.7. The van der Waals surface area contributed by atoms with E-state index in [1.807, 2.05) is 34.9 Å². The second-order valence-corrected chi connectivity index (χ2v) is 9.05. The molecular weight excluding hydrogens is 469 g/mol. The Morgan fingerprint density at radius 3 is 2.61 bits per heavy atom. The lowest BCUT2D eigenvalue weighted by atomic mass is 10.0. The lowest BCUT2D eigenvalue weighted by Crippen LogP contribution is -2.36. The third-order valence-corrected chi connectivity index (χ3v) is 6.32. The summed E-state index contributed by atoms with van der Waals surface area (Å²) in [5, 5.41) is 0. The van der Waals surface area contributed by atoms with E-state index in [-0.39, 0.29) is 6.42 Å². The van der Waals surface area contributed by atoms with Crippen LogP contribution in [0, 0.1) is 0 Å². The maximum Gasteiger partial charge on any atom is 0.389 e. The predicted octanol–water partition coefficient (Wildman–Crippen LogP) is 4.70. The Morgan fingerprint density at radius 1 is 1.06 bits per heavy atom. The van der Waals surface area contributed by atoms with E-state index in [0.717, 1.165) is 42.0 Å². The summed E-state index contributed by atoms with van der Waals surface area (Å²) in [6.45, 7) is 2.89. The minimum Gasteiger partial charge on any atom is -0.383 e. The van der Waals surface area contributed by atoms with Gasteiger partial charge in [0, 0.05) is 48.5 Å². The quantitative estimate of drug-likeness (QED) is 0.382. The Balaban J connectivity index is 1.34. The van der Waals surface area contributed by atoms with Crippen LogP contribution < -0.4 is 5.73 Å². The SMILES string of the molecule is Nc1nc(-c2ccn3c(-c4cccc(CC(=O)CCC(F)(F)F)c4)cnc3c2)ncc1CN1CCC1. The summed E-state index contributed by atoms with van der Waals surface area (Å²) in [5.41, 5.74) is 10.8. The van der Waals surface area contributed by atoms with Crippen LogP contribution in [-0.2, 0) is 17.8 Å². The molecule has 7 nitrogen and oxygen atoms in total. The molecule has 1 fully saturated rings. The number of carbonyl (C=O) groups excluding carboxylic acids is 1. The summed E-state index contributed by atoms with van der Waals surface area (Å²) in [6, 6.07) is 11.0. The van der Waals surface area contributed by atoms with Crippen LogP contribution >= 0.6 is 0 Å². The molecule has 1 saturated heterocycles. The predicted molar refractivity (Wildman–Crippen MR) is 130 cm³/mol. The third-order valence-electron chi connectivity index (χ3n) is 6.32. The van der Waals surface area contributed by atoms with E-state index in [9.17, 15) is 18.0 Å². The number of carbonyl (C=O) groups is 1. The number of nitrogens with zero attached hydrogens (tertiary/aromatic N) is 5. The molecule has 0 spiro atoms. The van der Waals surface area contributed by atoms with Crippen molar-refractivity contribution in [2.24, 2.45) is 0 Å². The fourth-order valence-corrected chi connectivity index (χ4v) is 4.23. The Morgan fingerprint density at radius 2 is 1.89 bits per heavy atom. The maximum absolute atomic E-state index is 12.4. The molecule has 1 aliphatic heterocycles. The molecule has 0 aliphatic carbocycles. The van der Waals surface area contributed by atoms with Crippen molar-refractivity contribution in [3.05, 3.63) is 66.1 Å². The van der Waals surface area contributed by atoms with E-state index in [2.05, 4.69) is 19.9 Å². The number of likely N-dealkylation sites (tertiary alicyclic amines) is 1. The second-order valence-electron chi connectivity index (χ2n) is 9.05. The lowest BCUT2D eigenvalue weighted by molar-refractivity contribution is -0.143. The van der Waals surface area contributed by atoms with E-state index in [0.29, 0.717) is 22.9 Å². The monoisotopic (exact) mass is 494 g/mol. The number of hydrogen-bond acceptors (Lipinski definition) is 6. The van der Waals surface area contributed by atoms with Gasteiger partial charge in [-0.25, -0.2) is 15.0 Å². The van der Waals surface area contributed by atoms with E-state index in [1.54, 1.807) is 24.5 Å². The van der Waals surface area contributed by atoms with Gasteiger partial charge in [0.15, 0.2) is 5.82 Å². The van der Waals surface area contributed by atoms with Gasteiger partial charge >= 0.3 is 6.18 Å². The number of nitrogen functional groups attached to an aromatic ring is 1. The number of fused-ring (bicyclic) bond motifs is 1. The Hall–Kier alpha value is -3.79. The number of rotatable bonds is 8. The highest BCUT2D eigenvalue weighted by molar-refractivity contribution is 5.81. The Labute approximate surface area is 205 Å². The van der Waals surface area contributed by atoms with Crippen LogP contribution in [0.15, 0.2) is 55.0 Å². The van der Waals surface area contributed by atoms with Crippen LogP contribution in [0.25, 0.3) is 28.3 Å². The summed E-state index contributed by atoms with van der Waals surface area (Å²) in [4.78, 5) is 27.8. The minimum absolute atomic E-state index is 0.0443. The molecule has 4 heterocycles. The fourth-order valence-electron chi connectivity index (χ4n) is 4.23. The highest BCUT2D eigenvalue weighted by atomic mass is 19.4. The molecule has 0 saturated carbocycles. The van der Waals surface area contributed by atoms with Gasteiger partial charge in [0.1, 0.15) is 17.2 Å². The van der Waals surface area contributed by atoms with Crippen molar-refractivity contribution in [1.82, 2.24) is 24.3 Å². The standard InChI is InChI=1S/C26H25F3N6O/c27-26(28,29)7-5-21(36)12-17-3-1-4-18(11-17)22-15-31-23-13-19(6-10-35(22)23)25-32-14-20(24(30)33-25)16-34-8-2-9-34/h1,3-4,6,10-11,13-15H,2,5,7-9,12,16H2,(H2,30,32,33). The molecule has 0 amide bonds. The zero-order valence-electron chi connectivity index (χ0n) is 19.5. The molecule has 2 N–H and O–H groups in total. The zero-order valence-corrected chi connectivity index (χ0v) is 19.5. The first kappa shape index (κ1) is 23.9. The number of hydrogen-bond donors (Lipinski definition) is 1. The largest absolute Gasteiger partial charge is 0.389 e. The van der Waals surface area contributed by atoms with Crippen LogP contribution in [0.4, 0.5) is 19.0 Å². The smallest absolute Gasteiger partial charge is 0.383 e. The van der Waals surface area contributed by atoms with E-state index in [4.69, 9.17) is 5.73 Å². The van der Waals surface area contributed by atoms with Crippen molar-refractivity contribution in [3.63, 3.8) is 0 Å². The molecule has 1 aromatic carbocycles. The van der Waals surface area contributed by atoms with Gasteiger partial charge in [0.25, 0.3) is 0 Å². The van der Waals surface area contributed by atoms with Crippen molar-refractivity contribution >= 4 is 17.2 Å². The number of benzene rings is 1. The average molecular weight is 495 g/mol. The summed E-state index contributed by atoms with van der Waals surface area (Å²) in [7, 11) is 0. The number of nitrogens with two attached hydrogens (primary N) is 1. The van der Waals surface area contributed by atoms with Crippen LogP contribution in [-0.4, -0.2) is 49.3 Å². The fraction of sp³-hybridized carbons (Fsp3) is 0.308. The van der Waals surface area contributed by atoms with Crippen LogP contribution in [0.5, 0.6) is 0 Å². The maximum atomic E-state index is 12.4. The van der Waals surface area contributed by atoms with Gasteiger partial charge < -0.3 is 5.73 Å². The number of aromatic nitrogens is 4. The Kier molecular flexibility index (Phi) is 6.44. The van der Waals surface area contributed by atoms with Crippen molar-refractivity contribution in [3.8, 4) is 22.6 Å². The lowest BCUT2D eigenvalue weighted by Gasteiger charge is -2.30. The highest BCUT2D eigenvalue weighted by Crippen LogP contribution is 2.27. The van der Waals surface area contributed by atoms with Crippen molar-refractivity contribution in [2.75, 3.05) is 18.8 Å². The number of alkyl halides is 3. The molecule has 3 aromatic heterocycles. The third kappa shape index (κ3) is 5.38. The van der Waals surface area contributed by atoms with Crippen LogP contribution in [0.1, 0.15) is 30.4 Å². The van der Waals surface area contributed by atoms with Gasteiger partial charge in [-0.2, -0.15) is 13.2 Å². The number of pyridine rings is 1. The van der Waals surface area contributed by atoms with Crippen LogP contribution in [0.3, 0.4) is 0 Å². The normalized spacial score (nSPS) is 14.2. The molecule has 10 heteroatoms. The summed E-state index contributed by atoms with van der Waals surface area (Å²) < 4.78 is 39.1. The summed E-state index contributed by atoms with van der Waals surface area (Å²) >= 11 is 0. The summed E-state index contributed by atoms with van der Waals surface area (Å²) in [5.74, 6) is 0.547. The van der Waals surface area contributed by atoms with E-state index >= 15 is 0 Å². The molecule has 0 bridgehead atoms. The molecule has 4 aromatic rings. The van der Waals surface area contributed by atoms with Gasteiger partial charge in [-0.15, -0.1) is 0 Å². The highest BCUT2D eigenvalue weighted by Gasteiger charge is 2.27. The topological polar surface area (TPSA) is 89.4 Å². The number of Topliss-reactive ketones (excluding diaryl/α,β-unsaturated/α-hetero) is 1. The first-order valence-corrected chi connectivity index (χ1v) is 11.7. The van der Waals surface area contributed by atoms with Gasteiger partial charge in [-0.1, -0.05) is 18.2 Å². The van der Waals surface area contributed by atoms with Gasteiger partial charge in [-0.3, -0.25) is 14.1 Å². The van der Waals surface area contributed by atoms with Crippen LogP contribution in [0.2, 0.25) is 0 Å². The van der Waals surface area contributed by atoms with E-state index < -0.39 is 24.8 Å². The van der Waals surface area contributed by atoms with Gasteiger partial charge in [0.05, 0.1) is 18.3 Å². The van der Waals surface area contributed by atoms with Crippen molar-refractivity contribution in [2.45, 2.75) is 38.4 Å². The average Bonchev–Trinajstić information content (AvgIpc) is 3.24. The van der Waals surface area contributed by atoms with E-state index in [1.165, 1.54) is 6.42 Å². The van der Waals surface area contributed by atoms with Gasteiger partial charge in [0.2, 0.25) is 0 Å². The number of ketones is 1. The summed E-state index contributed by atoms with van der Waals surface area (Å²) in [6.07, 6.45) is 0.567. The first-order chi connectivity index (χ1) is 17.2. The molecule has 36 heavy (non-hydrogen) atoms. The van der Waals surface area contributed by atoms with Crippen molar-refractivity contribution < 1.29 is 18.0 Å². The minimum atomic E-state index is -4.33. The zero-order chi connectivity index (χ0) is 25.3. The molecular formula is C26H25F3N6O. The number of anilines is 1. The Bertz CT molecular complexity index is 1410. The number of halogens is 3.